The Morgan fingerprint density at radius 3 is 2.35 bits per heavy atom. The van der Waals surface area contributed by atoms with Crippen LogP contribution in [-0.2, 0) is 19.6 Å². The van der Waals surface area contributed by atoms with E-state index in [-0.39, 0.29) is 11.3 Å². The lowest BCUT2D eigenvalue weighted by Gasteiger charge is -2.15. The molecule has 0 fully saturated rings. The van der Waals surface area contributed by atoms with Crippen LogP contribution in [0.5, 0.6) is 0 Å². The van der Waals surface area contributed by atoms with E-state index in [1.165, 1.54) is 31.4 Å². The summed E-state index contributed by atoms with van der Waals surface area (Å²) in [6.45, 7) is 1.66. The minimum Gasteiger partial charge on any atom is -0.467 e. The van der Waals surface area contributed by atoms with Gasteiger partial charge in [-0.3, -0.25) is 0 Å². The Bertz CT molecular complexity index is 571. The summed E-state index contributed by atoms with van der Waals surface area (Å²) in [5.41, 5.74) is 0. The topological polar surface area (TPSA) is 102 Å². The lowest BCUT2D eigenvalue weighted by atomic mass is 10.2. The second-order valence-electron chi connectivity index (χ2n) is 3.88. The van der Waals surface area contributed by atoms with Gasteiger partial charge in [0.2, 0.25) is 0 Å². The van der Waals surface area contributed by atoms with Crippen molar-refractivity contribution in [2.45, 2.75) is 24.3 Å². The molecular formula is C12H16N2O5S. The summed E-state index contributed by atoms with van der Waals surface area (Å²) in [4.78, 5) is 22.9. The van der Waals surface area contributed by atoms with E-state index >= 15 is 0 Å². The number of ether oxygens (including phenoxy) is 1. The first-order valence-electron chi connectivity index (χ1n) is 5.87. The third-order valence-electron chi connectivity index (χ3n) is 2.48. The highest BCUT2D eigenvalue weighted by molar-refractivity contribution is 7.90. The average Bonchev–Trinajstić information content (AvgIpc) is 2.44. The SMILES string of the molecule is CCC(NC(=O)NS(=O)(=O)c1ccccc1)C(=O)OC. The summed E-state index contributed by atoms with van der Waals surface area (Å²) >= 11 is 0. The van der Waals surface area contributed by atoms with Crippen molar-refractivity contribution in [2.75, 3.05) is 7.11 Å². The summed E-state index contributed by atoms with van der Waals surface area (Å²) in [5, 5.41) is 2.24. The number of esters is 1. The lowest BCUT2D eigenvalue weighted by Crippen LogP contribution is -2.47. The van der Waals surface area contributed by atoms with Gasteiger partial charge in [-0.05, 0) is 18.6 Å². The molecule has 1 atom stereocenters. The number of benzene rings is 1. The second kappa shape index (κ2) is 6.90. The van der Waals surface area contributed by atoms with E-state index < -0.39 is 28.1 Å². The number of carbonyl (C=O) groups excluding carboxylic acids is 2. The molecule has 1 unspecified atom stereocenters. The Morgan fingerprint density at radius 2 is 1.85 bits per heavy atom. The van der Waals surface area contributed by atoms with Crippen molar-refractivity contribution in [3.8, 4) is 0 Å². The standard InChI is InChI=1S/C12H16N2O5S/c1-3-10(11(15)19-2)13-12(16)14-20(17,18)9-7-5-4-6-8-9/h4-8,10H,3H2,1-2H3,(H2,13,14,16). The van der Waals surface area contributed by atoms with Crippen LogP contribution in [0.3, 0.4) is 0 Å². The fraction of sp³-hybridized carbons (Fsp3) is 0.333. The predicted molar refractivity (Wildman–Crippen MR) is 71.4 cm³/mol. The van der Waals surface area contributed by atoms with Crippen molar-refractivity contribution in [2.24, 2.45) is 0 Å². The molecule has 2 amide bonds. The molecule has 0 saturated heterocycles. The molecule has 1 rings (SSSR count). The molecule has 0 bridgehead atoms. The molecule has 110 valence electrons. The highest BCUT2D eigenvalue weighted by atomic mass is 32.2. The van der Waals surface area contributed by atoms with Crippen LogP contribution in [0.2, 0.25) is 0 Å². The first kappa shape index (κ1) is 16.0. The van der Waals surface area contributed by atoms with Gasteiger partial charge < -0.3 is 10.1 Å². The first-order valence-corrected chi connectivity index (χ1v) is 7.35. The number of sulfonamides is 1. The van der Waals surface area contributed by atoms with E-state index in [2.05, 4.69) is 10.1 Å². The normalized spacial score (nSPS) is 12.3. The first-order chi connectivity index (χ1) is 9.40. The van der Waals surface area contributed by atoms with Crippen LogP contribution in [0.4, 0.5) is 4.79 Å². The van der Waals surface area contributed by atoms with E-state index in [4.69, 9.17) is 0 Å². The maximum absolute atomic E-state index is 11.9. The van der Waals surface area contributed by atoms with Crippen LogP contribution in [0.1, 0.15) is 13.3 Å². The molecule has 0 aliphatic carbocycles. The van der Waals surface area contributed by atoms with E-state index in [1.54, 1.807) is 13.0 Å². The van der Waals surface area contributed by atoms with Crippen LogP contribution in [-0.4, -0.2) is 33.6 Å². The molecule has 0 heterocycles. The fourth-order valence-electron chi connectivity index (χ4n) is 1.44. The van der Waals surface area contributed by atoms with Crippen molar-refractivity contribution in [1.29, 1.82) is 0 Å². The number of hydrogen-bond acceptors (Lipinski definition) is 5. The third kappa shape index (κ3) is 4.23. The minimum absolute atomic E-state index is 0.0405. The van der Waals surface area contributed by atoms with Crippen LogP contribution >= 0.6 is 0 Å². The molecule has 8 heteroatoms. The zero-order valence-electron chi connectivity index (χ0n) is 11.1. The number of carbonyl (C=O) groups is 2. The van der Waals surface area contributed by atoms with Crippen molar-refractivity contribution in [3.63, 3.8) is 0 Å². The molecular weight excluding hydrogens is 284 g/mol. The average molecular weight is 300 g/mol. The maximum Gasteiger partial charge on any atom is 0.329 e. The van der Waals surface area contributed by atoms with Gasteiger partial charge in [0.25, 0.3) is 10.0 Å². The Labute approximate surface area is 117 Å². The van der Waals surface area contributed by atoms with Gasteiger partial charge in [-0.2, -0.15) is 0 Å². The number of rotatable bonds is 5. The largest absolute Gasteiger partial charge is 0.467 e. The molecule has 0 radical (unpaired) electrons. The van der Waals surface area contributed by atoms with Gasteiger partial charge in [-0.25, -0.2) is 22.7 Å². The van der Waals surface area contributed by atoms with Crippen molar-refractivity contribution < 1.29 is 22.7 Å². The van der Waals surface area contributed by atoms with Crippen LogP contribution in [0.25, 0.3) is 0 Å². The fourth-order valence-corrected chi connectivity index (χ4v) is 2.37. The van der Waals surface area contributed by atoms with E-state index in [1.807, 2.05) is 4.72 Å². The molecule has 1 aromatic carbocycles. The number of amides is 2. The van der Waals surface area contributed by atoms with E-state index in [0.717, 1.165) is 0 Å². The van der Waals surface area contributed by atoms with Crippen LogP contribution in [0.15, 0.2) is 35.2 Å². The van der Waals surface area contributed by atoms with Gasteiger partial charge in [0.1, 0.15) is 6.04 Å². The van der Waals surface area contributed by atoms with Crippen LogP contribution < -0.4 is 10.0 Å². The zero-order chi connectivity index (χ0) is 15.2. The molecule has 2 N–H and O–H groups in total. The quantitative estimate of drug-likeness (QED) is 0.776. The highest BCUT2D eigenvalue weighted by Gasteiger charge is 2.23. The Balaban J connectivity index is 2.73. The summed E-state index contributed by atoms with van der Waals surface area (Å²) < 4.78 is 30.0. The van der Waals surface area contributed by atoms with Gasteiger partial charge in [0.05, 0.1) is 12.0 Å². The number of urea groups is 1. The monoisotopic (exact) mass is 300 g/mol. The number of nitrogens with one attached hydrogen (secondary N) is 2. The Hall–Kier alpha value is -2.09. The van der Waals surface area contributed by atoms with Crippen LogP contribution in [0, 0.1) is 0 Å². The predicted octanol–water partition coefficient (Wildman–Crippen LogP) is 0.626. The molecule has 20 heavy (non-hydrogen) atoms. The van der Waals surface area contributed by atoms with Gasteiger partial charge >= 0.3 is 12.0 Å². The summed E-state index contributed by atoms with van der Waals surface area (Å²) in [7, 11) is -2.77. The highest BCUT2D eigenvalue weighted by Crippen LogP contribution is 2.06. The van der Waals surface area contributed by atoms with Crippen molar-refractivity contribution in [3.05, 3.63) is 30.3 Å². The van der Waals surface area contributed by atoms with Crippen molar-refractivity contribution in [1.82, 2.24) is 10.0 Å². The van der Waals surface area contributed by atoms with E-state index in [9.17, 15) is 18.0 Å². The lowest BCUT2D eigenvalue weighted by molar-refractivity contribution is -0.142. The summed E-state index contributed by atoms with van der Waals surface area (Å²) in [6, 6.07) is 5.56. The second-order valence-corrected chi connectivity index (χ2v) is 5.56. The van der Waals surface area contributed by atoms with Gasteiger partial charge in [0, 0.05) is 0 Å². The van der Waals surface area contributed by atoms with Crippen molar-refractivity contribution >= 4 is 22.0 Å². The summed E-state index contributed by atoms with van der Waals surface area (Å²) in [5.74, 6) is -0.639. The molecule has 0 aliphatic heterocycles. The summed E-state index contributed by atoms with van der Waals surface area (Å²) in [6.07, 6.45) is 0.283. The molecule has 0 aliphatic rings. The van der Waals surface area contributed by atoms with Gasteiger partial charge in [-0.15, -0.1) is 0 Å². The number of methoxy groups -OCH3 is 1. The van der Waals surface area contributed by atoms with Gasteiger partial charge in [0.15, 0.2) is 0 Å². The molecule has 7 nitrogen and oxygen atoms in total. The maximum atomic E-state index is 11.9. The zero-order valence-corrected chi connectivity index (χ0v) is 11.9. The molecule has 0 aromatic heterocycles. The smallest absolute Gasteiger partial charge is 0.329 e. The number of hydrogen-bond donors (Lipinski definition) is 2. The Kier molecular flexibility index (Phi) is 5.51. The molecule has 0 spiro atoms. The molecule has 1 aromatic rings. The molecule has 0 saturated carbocycles. The Morgan fingerprint density at radius 1 is 1.25 bits per heavy atom. The third-order valence-corrected chi connectivity index (χ3v) is 3.83. The van der Waals surface area contributed by atoms with E-state index in [0.29, 0.717) is 0 Å². The van der Waals surface area contributed by atoms with Gasteiger partial charge in [-0.1, -0.05) is 25.1 Å². The minimum atomic E-state index is -3.96.